The number of imide groups is 1. The van der Waals surface area contributed by atoms with Crippen LogP contribution in [0.1, 0.15) is 322 Å². The molecule has 2 aliphatic heterocycles. The first-order valence-electron chi connectivity index (χ1n) is 53.0. The van der Waals surface area contributed by atoms with Crippen LogP contribution in [-0.2, 0) is 53.9 Å². The number of nitrogens with zero attached hydrogens (tertiary/aromatic N) is 2. The van der Waals surface area contributed by atoms with Crippen LogP contribution in [0.25, 0.3) is 120 Å². The lowest BCUT2D eigenvalue weighted by Crippen LogP contribution is -2.42. The minimum Gasteiger partial charge on any atom is -0.457 e. The molecule has 0 aromatic heterocycles. The summed E-state index contributed by atoms with van der Waals surface area (Å²) in [5, 5.41) is 14.6. The summed E-state index contributed by atoms with van der Waals surface area (Å²) in [6.45, 7) is 49.0. The Kier molecular flexibility index (Phi) is 21.7. The Morgan fingerprint density at radius 1 is 0.279 bits per heavy atom. The van der Waals surface area contributed by atoms with Crippen molar-refractivity contribution in [1.29, 1.82) is 0 Å². The van der Waals surface area contributed by atoms with Crippen LogP contribution in [0, 0.1) is 11.8 Å². The van der Waals surface area contributed by atoms with Crippen molar-refractivity contribution in [3.8, 4) is 68.2 Å². The number of hydrogen-bond donors (Lipinski definition) is 0. The molecular weight excluding hydrogens is 1930 g/mol. The molecule has 0 fully saturated rings. The van der Waals surface area contributed by atoms with Crippen molar-refractivity contribution < 1.29 is 33.3 Å². The van der Waals surface area contributed by atoms with E-state index in [2.05, 4.69) is 420 Å². The normalized spacial score (nSPS) is 16.5. The highest BCUT2D eigenvalue weighted by molar-refractivity contribution is 9.09. The zero-order chi connectivity index (χ0) is 102. The first-order valence-corrected chi connectivity index (χ1v) is 54.9. The van der Waals surface area contributed by atoms with Crippen LogP contribution in [0.3, 0.4) is 0 Å². The number of allylic oxidation sites excluding steroid dienone is 8. The standard InChI is InChI=1S/C136H124Br2N2O7/c1-68(2)101-55-78(72(9)137)56-102(69(3)4)128(101)139-67-84-63-112(144-89-35-27-85(28-36-89)133(11,12)13)122-97-47-43-93-105-59-80-51-74-23-25-76-53-82-61-107-95-45-49-99-120-100(50-46-96(118(95)120)108(107)62-83(82)54-77(76)26-24-75(74)52-81(80)60-106(105)94-44-48-98(119(97)117(93)94)123-113(64-109(130(139)141)116(84)126(122)123)145-90-37-29-86(30-38-90)134(14,15)16)125-115(147-92-41-33-88(34-42-92)136(20,21)22)66-111-121-110(65-114(124(99)127(121)125)146-91-39-31-87(32-40-91)135(17,18)19)131(142)140(132(111)143)129-103(70(5)6)57-79(73(10)138)58-104(129)71(7)8/h27-66,68-73,118,120H,23-26,67H2,1-22H3. The van der Waals surface area contributed by atoms with Gasteiger partial charge in [-0.15, -0.1) is 0 Å². The first kappa shape index (κ1) is 94.5. The molecule has 17 aromatic carbocycles. The molecule has 6 aliphatic carbocycles. The van der Waals surface area contributed by atoms with E-state index in [9.17, 15) is 0 Å². The Labute approximate surface area is 879 Å². The maximum atomic E-state index is 16.5. The van der Waals surface area contributed by atoms with E-state index in [4.69, 9.17) is 18.9 Å². The molecule has 0 N–H and O–H groups in total. The molecule has 9 nitrogen and oxygen atoms in total. The molecule has 0 spiro atoms. The van der Waals surface area contributed by atoms with Gasteiger partial charge in [0.2, 0.25) is 0 Å². The summed E-state index contributed by atoms with van der Waals surface area (Å²) in [6, 6.07) is 80.6. The Morgan fingerprint density at radius 2 is 0.592 bits per heavy atom. The lowest BCUT2D eigenvalue weighted by Gasteiger charge is -2.42. The topological polar surface area (TPSA) is 94.6 Å². The lowest BCUT2D eigenvalue weighted by molar-refractivity contribution is 0.0890. The zero-order valence-corrected chi connectivity index (χ0v) is 91.4. The summed E-state index contributed by atoms with van der Waals surface area (Å²) in [6.07, 6.45) is 13.0. The first-order chi connectivity index (χ1) is 70.1. The van der Waals surface area contributed by atoms with Crippen LogP contribution in [0.5, 0.6) is 46.0 Å². The van der Waals surface area contributed by atoms with Crippen molar-refractivity contribution in [3.05, 3.63) is 365 Å². The van der Waals surface area contributed by atoms with Gasteiger partial charge in [-0.25, -0.2) is 4.90 Å². The van der Waals surface area contributed by atoms with E-state index < -0.39 is 0 Å². The highest BCUT2D eigenvalue weighted by atomic mass is 79.9. The molecule has 4 unspecified atom stereocenters. The smallest absolute Gasteiger partial charge is 0.266 e. The third-order valence-corrected chi connectivity index (χ3v) is 34.5. The van der Waals surface area contributed by atoms with Gasteiger partial charge < -0.3 is 23.8 Å². The highest BCUT2D eigenvalue weighted by Gasteiger charge is 2.51. The fourth-order valence-electron chi connectivity index (χ4n) is 25.7. The number of anilines is 2. The van der Waals surface area contributed by atoms with Gasteiger partial charge >= 0.3 is 0 Å². The van der Waals surface area contributed by atoms with Gasteiger partial charge in [0.25, 0.3) is 17.7 Å². The average molecular weight is 2060 g/mol. The highest BCUT2D eigenvalue weighted by Crippen LogP contribution is 2.68. The Morgan fingerprint density at radius 3 is 0.946 bits per heavy atom. The molecule has 4 atom stereocenters. The van der Waals surface area contributed by atoms with Gasteiger partial charge in [-0.2, -0.15) is 0 Å². The molecule has 0 saturated carbocycles. The molecule has 0 bridgehead atoms. The number of aryl methyl sites for hydroxylation is 4. The monoisotopic (exact) mass is 2050 g/mol. The average Bonchev–Trinajstić information content (AvgIpc) is 1.64. The molecule has 2 heterocycles. The molecule has 0 radical (unpaired) electrons. The summed E-state index contributed by atoms with van der Waals surface area (Å²) in [5.41, 5.74) is 34.2. The minimum absolute atomic E-state index is 0.0322. The molecule has 0 saturated heterocycles. The van der Waals surface area contributed by atoms with E-state index in [1.54, 1.807) is 0 Å². The molecule has 8 aliphatic rings. The summed E-state index contributed by atoms with van der Waals surface area (Å²) in [7, 11) is 0. The summed E-state index contributed by atoms with van der Waals surface area (Å²) >= 11 is 7.84. The molecule has 17 aromatic rings. The van der Waals surface area contributed by atoms with E-state index in [-0.39, 0.29) is 84.5 Å². The van der Waals surface area contributed by atoms with Crippen molar-refractivity contribution in [2.45, 2.75) is 240 Å². The summed E-state index contributed by atoms with van der Waals surface area (Å²) < 4.78 is 29.9. The minimum atomic E-state index is -0.385. The maximum Gasteiger partial charge on any atom is 0.266 e. The van der Waals surface area contributed by atoms with Crippen molar-refractivity contribution in [2.75, 3.05) is 9.80 Å². The molecule has 11 heteroatoms. The van der Waals surface area contributed by atoms with Crippen molar-refractivity contribution >= 4 is 159 Å². The van der Waals surface area contributed by atoms with Crippen LogP contribution in [0.15, 0.2) is 243 Å². The van der Waals surface area contributed by atoms with Crippen LogP contribution < -0.4 is 28.7 Å². The second-order valence-corrected chi connectivity index (χ2v) is 51.1. The van der Waals surface area contributed by atoms with Crippen LogP contribution in [0.4, 0.5) is 11.4 Å². The fraction of sp³-hybridized carbons (Fsp3) is 0.287. The quantitative estimate of drug-likeness (QED) is 0.0412. The van der Waals surface area contributed by atoms with Crippen molar-refractivity contribution in [3.63, 3.8) is 0 Å². The fourth-order valence-corrected chi connectivity index (χ4v) is 26.2. The second kappa shape index (κ2) is 33.8. The van der Waals surface area contributed by atoms with Gasteiger partial charge in [-0.1, -0.05) is 316 Å². The number of ether oxygens (including phenoxy) is 4. The Balaban J connectivity index is 0.603. The summed E-state index contributed by atoms with van der Waals surface area (Å²) in [5.74, 6) is 4.26. The third kappa shape index (κ3) is 15.0. The predicted molar refractivity (Wildman–Crippen MR) is 618 cm³/mol. The SMILES string of the molecule is CC(C)c1cc(C(C)Br)cc(C(C)C)c1N1Cc2cc(Oc3ccc(C(C)(C)C)cc3)c3c4ccc5c6c(ccc(c7c(Oc8ccc(C(C)(C)C)cc8)cc(c2c37)C1=O)c64)-c1cc2cc3c(cc2cc1-5)CCc1cc2cc4c(cc2cc1CC3)C1=CC=C2c3c(Oc5ccc(C(C)(C)C)cc5)cc5c6c(cc(Oc7ccc(C(C)(C)C)cc7)c(c36)C3=CC=C4C1C32)C(=O)N(c1c(C(C)C)cc(C(C)Br)cc1C(C)C)C5=O. The number of hydrogen-bond acceptors (Lipinski definition) is 7. The number of benzene rings is 17. The lowest BCUT2D eigenvalue weighted by atomic mass is 9.62. The Bertz CT molecular complexity index is 8460. The number of halogens is 2. The van der Waals surface area contributed by atoms with Gasteiger partial charge in [0.15, 0.2) is 0 Å². The number of alkyl halides is 2. The van der Waals surface area contributed by atoms with Gasteiger partial charge in [0.05, 0.1) is 34.6 Å². The zero-order valence-electron chi connectivity index (χ0n) is 88.3. The largest absolute Gasteiger partial charge is 0.457 e. The molecular formula is C136H124Br2N2O7. The number of rotatable bonds is 16. The number of carbonyl (C=O) groups excluding carboxylic acids is 3. The maximum absolute atomic E-state index is 16.5. The number of amides is 3. The van der Waals surface area contributed by atoms with Gasteiger partial charge in [-0.05, 0) is 364 Å². The second-order valence-electron chi connectivity index (χ2n) is 48.3. The summed E-state index contributed by atoms with van der Waals surface area (Å²) in [4.78, 5) is 53.2. The molecule has 734 valence electrons. The van der Waals surface area contributed by atoms with E-state index in [1.807, 2.05) is 12.1 Å². The van der Waals surface area contributed by atoms with Crippen LogP contribution in [-0.4, -0.2) is 17.7 Å². The molecule has 25 rings (SSSR count). The van der Waals surface area contributed by atoms with E-state index in [0.717, 1.165) is 142 Å². The predicted octanol–water partition coefficient (Wildman–Crippen LogP) is 38.0. The van der Waals surface area contributed by atoms with E-state index >= 15 is 14.4 Å². The molecule has 3 amide bonds. The van der Waals surface area contributed by atoms with Gasteiger partial charge in [0.1, 0.15) is 46.0 Å². The van der Waals surface area contributed by atoms with E-state index in [1.165, 1.54) is 126 Å². The number of fused-ring (bicyclic) bond motifs is 14. The number of carbonyl (C=O) groups is 3. The van der Waals surface area contributed by atoms with E-state index in [0.29, 0.717) is 68.8 Å². The van der Waals surface area contributed by atoms with Gasteiger partial charge in [0, 0.05) is 64.9 Å². The van der Waals surface area contributed by atoms with Crippen LogP contribution >= 0.6 is 31.9 Å². The van der Waals surface area contributed by atoms with Crippen molar-refractivity contribution in [2.24, 2.45) is 11.8 Å². The van der Waals surface area contributed by atoms with Gasteiger partial charge in [-0.3, -0.25) is 14.4 Å². The Hall–Kier alpha value is -13.5. The van der Waals surface area contributed by atoms with Crippen molar-refractivity contribution in [1.82, 2.24) is 0 Å². The molecule has 147 heavy (non-hydrogen) atoms. The third-order valence-electron chi connectivity index (χ3n) is 33.4. The van der Waals surface area contributed by atoms with Crippen LogP contribution in [0.2, 0.25) is 0 Å².